The lowest BCUT2D eigenvalue weighted by Crippen LogP contribution is -2.56. The van der Waals surface area contributed by atoms with Crippen LogP contribution >= 0.6 is 11.6 Å². The van der Waals surface area contributed by atoms with Gasteiger partial charge in [-0.15, -0.1) is 0 Å². The summed E-state index contributed by atoms with van der Waals surface area (Å²) in [5, 5.41) is 15.5. The van der Waals surface area contributed by atoms with E-state index in [1.807, 2.05) is 54.5 Å². The van der Waals surface area contributed by atoms with E-state index in [2.05, 4.69) is 10.3 Å². The van der Waals surface area contributed by atoms with Crippen LogP contribution in [0.25, 0.3) is 6.08 Å². The lowest BCUT2D eigenvalue weighted by Gasteiger charge is -2.37. The predicted molar refractivity (Wildman–Crippen MR) is 107 cm³/mol. The Morgan fingerprint density at radius 3 is 2.93 bits per heavy atom. The van der Waals surface area contributed by atoms with Gasteiger partial charge >= 0.3 is 0 Å². The van der Waals surface area contributed by atoms with E-state index in [1.165, 1.54) is 0 Å². The number of ether oxygens (including phenoxy) is 1. The Bertz CT molecular complexity index is 709. The molecule has 2 heterocycles. The third-order valence-corrected chi connectivity index (χ3v) is 5.20. The Hall–Kier alpha value is -1.80. The molecule has 1 fully saturated rings. The molecule has 27 heavy (non-hydrogen) atoms. The van der Waals surface area contributed by atoms with Gasteiger partial charge in [0.15, 0.2) is 0 Å². The molecule has 2 aliphatic rings. The molecule has 0 radical (unpaired) electrons. The fourth-order valence-electron chi connectivity index (χ4n) is 3.52. The molecular formula is C19H25ClN4O3. The number of nitro groups is 1. The average molecular weight is 393 g/mol. The number of likely N-dealkylation sites (tertiary alicyclic amines) is 1. The third kappa shape index (κ3) is 5.59. The maximum atomic E-state index is 11.6. The Morgan fingerprint density at radius 1 is 1.48 bits per heavy atom. The van der Waals surface area contributed by atoms with Crippen molar-refractivity contribution in [3.8, 4) is 0 Å². The van der Waals surface area contributed by atoms with Crippen molar-refractivity contribution in [1.29, 1.82) is 0 Å². The second-order valence-electron chi connectivity index (χ2n) is 7.14. The van der Waals surface area contributed by atoms with Crippen LogP contribution in [0.1, 0.15) is 25.3 Å². The minimum absolute atomic E-state index is 0.112. The topological polar surface area (TPSA) is 80.0 Å². The number of rotatable bonds is 7. The fraction of sp³-hybridized carbons (Fsp3) is 0.526. The van der Waals surface area contributed by atoms with E-state index in [-0.39, 0.29) is 11.0 Å². The van der Waals surface area contributed by atoms with Gasteiger partial charge in [-0.2, -0.15) is 0 Å². The highest BCUT2D eigenvalue weighted by atomic mass is 35.5. The van der Waals surface area contributed by atoms with Gasteiger partial charge < -0.3 is 4.74 Å². The van der Waals surface area contributed by atoms with Crippen LogP contribution < -0.4 is 5.32 Å². The summed E-state index contributed by atoms with van der Waals surface area (Å²) in [6, 6.07) is 7.53. The SMILES string of the molecule is CC1(CN2CCC(OCC=Cc3ccc(Cl)cc3)CC2[N+](=O)[O-])N=CCN1. The Balaban J connectivity index is 1.49. The third-order valence-electron chi connectivity index (χ3n) is 4.95. The van der Waals surface area contributed by atoms with E-state index in [0.29, 0.717) is 37.7 Å². The summed E-state index contributed by atoms with van der Waals surface area (Å²) in [7, 11) is 0. The van der Waals surface area contributed by atoms with Crippen molar-refractivity contribution in [1.82, 2.24) is 10.2 Å². The normalized spacial score (nSPS) is 28.8. The maximum absolute atomic E-state index is 11.6. The second-order valence-corrected chi connectivity index (χ2v) is 7.57. The lowest BCUT2D eigenvalue weighted by atomic mass is 10.0. The highest BCUT2D eigenvalue weighted by Crippen LogP contribution is 2.24. The van der Waals surface area contributed by atoms with Crippen molar-refractivity contribution in [2.45, 2.75) is 37.7 Å². The van der Waals surface area contributed by atoms with Crippen LogP contribution in [-0.2, 0) is 4.74 Å². The van der Waals surface area contributed by atoms with Gasteiger partial charge in [0.2, 0.25) is 0 Å². The van der Waals surface area contributed by atoms with Crippen molar-refractivity contribution in [2.75, 3.05) is 26.2 Å². The van der Waals surface area contributed by atoms with Crippen LogP contribution in [0.15, 0.2) is 35.3 Å². The minimum atomic E-state index is -0.738. The van der Waals surface area contributed by atoms with Crippen molar-refractivity contribution in [3.63, 3.8) is 0 Å². The summed E-state index contributed by atoms with van der Waals surface area (Å²) in [6.07, 6.45) is 6.03. The molecule has 0 aromatic heterocycles. The Morgan fingerprint density at radius 2 is 2.26 bits per heavy atom. The molecule has 3 atom stereocenters. The molecule has 0 aliphatic carbocycles. The minimum Gasteiger partial charge on any atom is -0.374 e. The first-order chi connectivity index (χ1) is 13.0. The zero-order valence-corrected chi connectivity index (χ0v) is 16.1. The summed E-state index contributed by atoms with van der Waals surface area (Å²) in [5.74, 6) is 0. The number of hydrogen-bond acceptors (Lipinski definition) is 6. The molecule has 1 aromatic rings. The number of benzene rings is 1. The number of piperidine rings is 1. The van der Waals surface area contributed by atoms with Crippen LogP contribution in [0.4, 0.5) is 0 Å². The van der Waals surface area contributed by atoms with Crippen molar-refractivity contribution in [2.24, 2.45) is 4.99 Å². The first-order valence-corrected chi connectivity index (χ1v) is 9.53. The van der Waals surface area contributed by atoms with Crippen molar-refractivity contribution < 1.29 is 9.66 Å². The van der Waals surface area contributed by atoms with Crippen LogP contribution in [0.3, 0.4) is 0 Å². The van der Waals surface area contributed by atoms with Gasteiger partial charge in [-0.05, 0) is 31.0 Å². The number of halogens is 1. The average Bonchev–Trinajstić information content (AvgIpc) is 3.07. The highest BCUT2D eigenvalue weighted by molar-refractivity contribution is 6.30. The van der Waals surface area contributed by atoms with Gasteiger partial charge in [-0.1, -0.05) is 35.9 Å². The summed E-state index contributed by atoms with van der Waals surface area (Å²) in [4.78, 5) is 17.7. The summed E-state index contributed by atoms with van der Waals surface area (Å²) in [6.45, 7) is 4.26. The molecule has 0 spiro atoms. The smallest absolute Gasteiger partial charge is 0.271 e. The molecule has 2 aliphatic heterocycles. The van der Waals surface area contributed by atoms with Crippen molar-refractivity contribution >= 4 is 23.9 Å². The summed E-state index contributed by atoms with van der Waals surface area (Å²) >= 11 is 5.87. The summed E-state index contributed by atoms with van der Waals surface area (Å²) in [5.41, 5.74) is 0.599. The predicted octanol–water partition coefficient (Wildman–Crippen LogP) is 2.83. The van der Waals surface area contributed by atoms with Crippen LogP contribution in [0.5, 0.6) is 0 Å². The molecule has 3 rings (SSSR count). The zero-order chi connectivity index (χ0) is 19.3. The largest absolute Gasteiger partial charge is 0.374 e. The Labute approximate surface area is 164 Å². The molecule has 146 valence electrons. The van der Waals surface area contributed by atoms with E-state index >= 15 is 0 Å². The molecule has 7 nitrogen and oxygen atoms in total. The number of hydrogen-bond donors (Lipinski definition) is 1. The van der Waals surface area contributed by atoms with Gasteiger partial charge in [0, 0.05) is 35.8 Å². The van der Waals surface area contributed by atoms with E-state index < -0.39 is 11.8 Å². The van der Waals surface area contributed by atoms with Gasteiger partial charge in [-0.25, -0.2) is 4.90 Å². The monoisotopic (exact) mass is 392 g/mol. The van der Waals surface area contributed by atoms with Crippen LogP contribution in [0, 0.1) is 10.1 Å². The number of nitrogens with one attached hydrogen (secondary N) is 1. The van der Waals surface area contributed by atoms with Crippen LogP contribution in [-0.4, -0.2) is 60.2 Å². The number of aliphatic imine (C=N–C) groups is 1. The van der Waals surface area contributed by atoms with Gasteiger partial charge in [0.1, 0.15) is 5.66 Å². The van der Waals surface area contributed by atoms with Crippen molar-refractivity contribution in [3.05, 3.63) is 51.0 Å². The summed E-state index contributed by atoms with van der Waals surface area (Å²) < 4.78 is 5.86. The fourth-order valence-corrected chi connectivity index (χ4v) is 3.64. The van der Waals surface area contributed by atoms with E-state index in [1.54, 1.807) is 0 Å². The second kappa shape index (κ2) is 8.93. The molecular weight excluding hydrogens is 368 g/mol. The van der Waals surface area contributed by atoms with E-state index in [0.717, 1.165) is 12.0 Å². The molecule has 1 saturated heterocycles. The molecule has 1 aromatic carbocycles. The zero-order valence-electron chi connectivity index (χ0n) is 15.4. The van der Waals surface area contributed by atoms with Crippen LogP contribution in [0.2, 0.25) is 5.02 Å². The van der Waals surface area contributed by atoms with Gasteiger partial charge in [0.25, 0.3) is 6.17 Å². The standard InChI is InChI=1S/C19H25ClN4O3/c1-19(21-9-10-22-19)14-23-11-8-17(13-18(23)24(25)26)27-12-2-3-15-4-6-16(20)7-5-15/h2-7,9,17-18,22H,8,10-14H2,1H3. The molecule has 0 amide bonds. The quantitative estimate of drug-likeness (QED) is 0.570. The molecule has 8 heteroatoms. The van der Waals surface area contributed by atoms with Gasteiger partial charge in [-0.3, -0.25) is 20.4 Å². The molecule has 0 saturated carbocycles. The first kappa shape index (κ1) is 19.9. The molecule has 3 unspecified atom stereocenters. The van der Waals surface area contributed by atoms with E-state index in [9.17, 15) is 10.1 Å². The first-order valence-electron chi connectivity index (χ1n) is 9.15. The Kier molecular flexibility index (Phi) is 6.59. The number of nitrogens with zero attached hydrogens (tertiary/aromatic N) is 3. The highest BCUT2D eigenvalue weighted by Gasteiger charge is 2.40. The lowest BCUT2D eigenvalue weighted by molar-refractivity contribution is -0.557. The van der Waals surface area contributed by atoms with Gasteiger partial charge in [0.05, 0.1) is 19.1 Å². The maximum Gasteiger partial charge on any atom is 0.271 e. The molecule has 0 bridgehead atoms. The van der Waals surface area contributed by atoms with E-state index in [4.69, 9.17) is 16.3 Å². The molecule has 1 N–H and O–H groups in total.